The normalized spacial score (nSPS) is 18.6. The molecule has 9 heteroatoms. The molecule has 2 N–H and O–H groups in total. The average molecular weight is 385 g/mol. The molecule has 2 rings (SSSR count). The van der Waals surface area contributed by atoms with Gasteiger partial charge in [0.25, 0.3) is 0 Å². The lowest BCUT2D eigenvalue weighted by Crippen LogP contribution is -2.44. The van der Waals surface area contributed by atoms with Crippen LogP contribution in [0.4, 0.5) is 5.69 Å². The highest BCUT2D eigenvalue weighted by atomic mass is 32.2. The number of hydrogen-bond donors (Lipinski definition) is 2. The molecule has 0 aromatic heterocycles. The highest BCUT2D eigenvalue weighted by Gasteiger charge is 2.31. The number of sulfonamides is 1. The zero-order valence-electron chi connectivity index (χ0n) is 15.8. The summed E-state index contributed by atoms with van der Waals surface area (Å²) >= 11 is 0. The van der Waals surface area contributed by atoms with Gasteiger partial charge in [0.05, 0.1) is 20.0 Å². The fourth-order valence-corrected chi connectivity index (χ4v) is 4.18. The lowest BCUT2D eigenvalue weighted by molar-refractivity contribution is 0.311. The number of anilines is 1. The minimum atomic E-state index is -3.18. The molecule has 0 saturated carbocycles. The first-order valence-electron chi connectivity index (χ1n) is 8.64. The summed E-state index contributed by atoms with van der Waals surface area (Å²) < 4.78 is 36.1. The Labute approximate surface area is 155 Å². The zero-order chi connectivity index (χ0) is 19.2. The third kappa shape index (κ3) is 5.25. The maximum atomic E-state index is 11.8. The molecule has 146 valence electrons. The van der Waals surface area contributed by atoms with Crippen molar-refractivity contribution in [3.05, 3.63) is 18.2 Å². The number of nitrogens with one attached hydrogen (secondary N) is 2. The van der Waals surface area contributed by atoms with E-state index in [9.17, 15) is 8.42 Å². The van der Waals surface area contributed by atoms with E-state index >= 15 is 0 Å². The van der Waals surface area contributed by atoms with Crippen LogP contribution in [-0.4, -0.2) is 64.8 Å². The van der Waals surface area contributed by atoms with Gasteiger partial charge in [-0.05, 0) is 31.9 Å². The van der Waals surface area contributed by atoms with Gasteiger partial charge in [0, 0.05) is 37.9 Å². The summed E-state index contributed by atoms with van der Waals surface area (Å²) in [7, 11) is 0.0807. The highest BCUT2D eigenvalue weighted by molar-refractivity contribution is 7.88. The Balaban J connectivity index is 2.00. The molecule has 0 aliphatic carbocycles. The standard InChI is InChI=1S/C17H28N4O4S/c1-5-25-15-9-8-13(11-16(15)24-3)20-17(18-2)19-12-14-7-6-10-21(14)26(4,22)23/h8-9,11,14H,5-7,10,12H2,1-4H3,(H2,18,19,20)/t14-/m1/s1. The Bertz CT molecular complexity index is 736. The topological polar surface area (TPSA) is 92.3 Å². The number of benzene rings is 1. The first kappa shape index (κ1) is 20.3. The van der Waals surface area contributed by atoms with E-state index in [1.807, 2.05) is 25.1 Å². The van der Waals surface area contributed by atoms with Crippen molar-refractivity contribution >= 4 is 21.7 Å². The summed E-state index contributed by atoms with van der Waals surface area (Å²) in [6.07, 6.45) is 2.97. The van der Waals surface area contributed by atoms with Crippen LogP contribution >= 0.6 is 0 Å². The zero-order valence-corrected chi connectivity index (χ0v) is 16.6. The number of hydrogen-bond acceptors (Lipinski definition) is 5. The first-order chi connectivity index (χ1) is 12.4. The molecule has 1 aromatic rings. The number of ether oxygens (including phenoxy) is 2. The molecule has 0 amide bonds. The van der Waals surface area contributed by atoms with Crippen molar-refractivity contribution in [1.82, 2.24) is 9.62 Å². The summed E-state index contributed by atoms with van der Waals surface area (Å²) in [6.45, 7) is 3.55. The van der Waals surface area contributed by atoms with Crippen molar-refractivity contribution in [2.24, 2.45) is 4.99 Å². The summed E-state index contributed by atoms with van der Waals surface area (Å²) in [5, 5.41) is 6.39. The molecule has 1 heterocycles. The number of methoxy groups -OCH3 is 1. The molecule has 1 atom stereocenters. The molecular formula is C17H28N4O4S. The molecule has 0 unspecified atom stereocenters. The van der Waals surface area contributed by atoms with Crippen molar-refractivity contribution in [2.45, 2.75) is 25.8 Å². The largest absolute Gasteiger partial charge is 0.493 e. The van der Waals surface area contributed by atoms with Crippen molar-refractivity contribution in [3.8, 4) is 11.5 Å². The molecule has 0 bridgehead atoms. The van der Waals surface area contributed by atoms with E-state index in [4.69, 9.17) is 9.47 Å². The fourth-order valence-electron chi connectivity index (χ4n) is 3.00. The first-order valence-corrected chi connectivity index (χ1v) is 10.5. The van der Waals surface area contributed by atoms with E-state index in [1.165, 1.54) is 6.26 Å². The number of nitrogens with zero attached hydrogens (tertiary/aromatic N) is 2. The van der Waals surface area contributed by atoms with Crippen molar-refractivity contribution in [1.29, 1.82) is 0 Å². The molecule has 1 aliphatic rings. The van der Waals surface area contributed by atoms with Gasteiger partial charge in [-0.3, -0.25) is 4.99 Å². The van der Waals surface area contributed by atoms with Crippen molar-refractivity contribution < 1.29 is 17.9 Å². The van der Waals surface area contributed by atoms with Gasteiger partial charge in [0.1, 0.15) is 0 Å². The third-order valence-corrected chi connectivity index (χ3v) is 5.54. The van der Waals surface area contributed by atoms with Crippen LogP contribution in [0.2, 0.25) is 0 Å². The second-order valence-electron chi connectivity index (χ2n) is 6.05. The SMILES string of the molecule is CCOc1ccc(NC(=NC)NC[C@H]2CCCN2S(C)(=O)=O)cc1OC. The molecule has 1 aromatic carbocycles. The van der Waals surface area contributed by atoms with Crippen molar-refractivity contribution in [3.63, 3.8) is 0 Å². The Kier molecular flexibility index (Phi) is 7.10. The van der Waals surface area contributed by atoms with Crippen LogP contribution in [0.25, 0.3) is 0 Å². The maximum absolute atomic E-state index is 11.8. The van der Waals surface area contributed by atoms with Gasteiger partial charge < -0.3 is 20.1 Å². The van der Waals surface area contributed by atoms with Crippen LogP contribution in [0.3, 0.4) is 0 Å². The Morgan fingerprint density at radius 2 is 2.15 bits per heavy atom. The van der Waals surface area contributed by atoms with Gasteiger partial charge in [-0.2, -0.15) is 4.31 Å². The van der Waals surface area contributed by atoms with Gasteiger partial charge in [0.15, 0.2) is 17.5 Å². The Morgan fingerprint density at radius 1 is 1.38 bits per heavy atom. The molecule has 1 saturated heterocycles. The molecular weight excluding hydrogens is 356 g/mol. The van der Waals surface area contributed by atoms with Crippen molar-refractivity contribution in [2.75, 3.05) is 45.4 Å². The van der Waals surface area contributed by atoms with Crippen LogP contribution in [0.15, 0.2) is 23.2 Å². The number of rotatable bonds is 7. The number of aliphatic imine (C=N–C) groups is 1. The quantitative estimate of drug-likeness (QED) is 0.547. The number of guanidine groups is 1. The fraction of sp³-hybridized carbons (Fsp3) is 0.588. The van der Waals surface area contributed by atoms with E-state index in [0.717, 1.165) is 18.5 Å². The second kappa shape index (κ2) is 9.09. The average Bonchev–Trinajstić information content (AvgIpc) is 3.09. The van der Waals surface area contributed by atoms with Gasteiger partial charge in [-0.15, -0.1) is 0 Å². The maximum Gasteiger partial charge on any atom is 0.211 e. The second-order valence-corrected chi connectivity index (χ2v) is 7.98. The monoisotopic (exact) mass is 384 g/mol. The van der Waals surface area contributed by atoms with E-state index in [1.54, 1.807) is 18.5 Å². The minimum Gasteiger partial charge on any atom is -0.493 e. The minimum absolute atomic E-state index is 0.0570. The molecule has 8 nitrogen and oxygen atoms in total. The molecule has 0 spiro atoms. The predicted molar refractivity (Wildman–Crippen MR) is 104 cm³/mol. The summed E-state index contributed by atoms with van der Waals surface area (Å²) in [5.74, 6) is 1.88. The smallest absolute Gasteiger partial charge is 0.211 e. The Morgan fingerprint density at radius 3 is 2.77 bits per heavy atom. The van der Waals surface area contributed by atoms with Crippen LogP contribution in [-0.2, 0) is 10.0 Å². The summed E-state index contributed by atoms with van der Waals surface area (Å²) in [6, 6.07) is 5.48. The van der Waals surface area contributed by atoms with Crippen LogP contribution in [0.1, 0.15) is 19.8 Å². The summed E-state index contributed by atoms with van der Waals surface area (Å²) in [4.78, 5) is 4.20. The van der Waals surface area contributed by atoms with Gasteiger partial charge in [-0.1, -0.05) is 0 Å². The third-order valence-electron chi connectivity index (χ3n) is 4.20. The predicted octanol–water partition coefficient (Wildman–Crippen LogP) is 1.51. The van der Waals surface area contributed by atoms with Gasteiger partial charge >= 0.3 is 0 Å². The van der Waals surface area contributed by atoms with E-state index < -0.39 is 10.0 Å². The van der Waals surface area contributed by atoms with E-state index in [-0.39, 0.29) is 6.04 Å². The van der Waals surface area contributed by atoms with Crippen LogP contribution in [0.5, 0.6) is 11.5 Å². The lowest BCUT2D eigenvalue weighted by Gasteiger charge is -2.23. The van der Waals surface area contributed by atoms with Gasteiger partial charge in [0.2, 0.25) is 10.0 Å². The lowest BCUT2D eigenvalue weighted by atomic mass is 10.2. The molecule has 26 heavy (non-hydrogen) atoms. The highest BCUT2D eigenvalue weighted by Crippen LogP contribution is 2.30. The van der Waals surface area contributed by atoms with Gasteiger partial charge in [-0.25, -0.2) is 8.42 Å². The van der Waals surface area contributed by atoms with Crippen LogP contribution in [0, 0.1) is 0 Å². The van der Waals surface area contributed by atoms with E-state index in [0.29, 0.717) is 37.2 Å². The van der Waals surface area contributed by atoms with Crippen LogP contribution < -0.4 is 20.1 Å². The molecule has 1 fully saturated rings. The molecule has 1 aliphatic heterocycles. The summed E-state index contributed by atoms with van der Waals surface area (Å²) in [5.41, 5.74) is 0.796. The molecule has 0 radical (unpaired) electrons. The van der Waals surface area contributed by atoms with E-state index in [2.05, 4.69) is 15.6 Å². The Hall–Kier alpha value is -2.00.